The zero-order valence-corrected chi connectivity index (χ0v) is 11.7. The summed E-state index contributed by atoms with van der Waals surface area (Å²) in [6, 6.07) is -0.519. The Morgan fingerprint density at radius 1 is 1.27 bits per heavy atom. The summed E-state index contributed by atoms with van der Waals surface area (Å²) < 4.78 is 0. The number of Topliss-reactive ketones (excluding diaryl/α,β-unsaturated/α-hetero) is 1. The average molecular weight is 183 g/mol. The van der Waals surface area contributed by atoms with Gasteiger partial charge in [0, 0.05) is 0 Å². The summed E-state index contributed by atoms with van der Waals surface area (Å²) >= 11 is 0. The van der Waals surface area contributed by atoms with E-state index in [-0.39, 0.29) is 63.1 Å². The maximum absolute atomic E-state index is 10.4. The number of hydrogen-bond acceptors (Lipinski definition) is 1. The van der Waals surface area contributed by atoms with Gasteiger partial charge >= 0.3 is 51.4 Å². The van der Waals surface area contributed by atoms with Crippen LogP contribution in [0.2, 0.25) is 0 Å². The summed E-state index contributed by atoms with van der Waals surface area (Å²) in [7, 11) is 0. The van der Waals surface area contributed by atoms with E-state index in [0.717, 1.165) is 0 Å². The van der Waals surface area contributed by atoms with Crippen molar-refractivity contribution >= 4 is 5.78 Å². The van der Waals surface area contributed by atoms with Crippen LogP contribution in [-0.4, -0.2) is 11.8 Å². The smallest absolute Gasteiger partial charge is 0.668 e. The second-order valence-electron chi connectivity index (χ2n) is 2.33. The molecule has 0 rings (SSSR count). The molecule has 0 radical (unpaired) electrons. The number of carbonyl (C=O) groups excluding carboxylic acids is 1. The zero-order chi connectivity index (χ0) is 8.73. The second kappa shape index (κ2) is 11.3. The van der Waals surface area contributed by atoms with E-state index in [4.69, 9.17) is 5.73 Å². The summed E-state index contributed by atoms with van der Waals surface area (Å²) in [4.78, 5) is 10.4. The Hall–Kier alpha value is 1.27. The molecule has 0 aliphatic heterocycles. The molecule has 0 aromatic carbocycles. The third-order valence-corrected chi connectivity index (χ3v) is 1.10. The molecule has 0 amide bonds. The summed E-state index contributed by atoms with van der Waals surface area (Å²) in [5.41, 5.74) is 7.13. The minimum absolute atomic E-state index is 0. The van der Waals surface area contributed by atoms with Crippen LogP contribution >= 0.6 is 0 Å². The largest absolute Gasteiger partial charge is 1.00 e. The molecule has 1 unspecified atom stereocenters. The normalized spacial score (nSPS) is 10.8. The van der Waals surface area contributed by atoms with Gasteiger partial charge in [0.2, 0.25) is 0 Å². The van der Waals surface area contributed by atoms with Crippen LogP contribution in [0.25, 0.3) is 5.73 Å². The first kappa shape index (κ1) is 18.1. The predicted octanol–water partition coefficient (Wildman–Crippen LogP) is -0.318. The van der Waals surface area contributed by atoms with Crippen molar-refractivity contribution in [2.75, 3.05) is 0 Å². The molecule has 0 heterocycles. The molecule has 0 saturated heterocycles. The van der Waals surface area contributed by atoms with Gasteiger partial charge < -0.3 is 10.5 Å². The molecule has 0 bridgehead atoms. The Morgan fingerprint density at radius 2 is 1.55 bits per heavy atom. The van der Waals surface area contributed by atoms with E-state index in [2.05, 4.69) is 0 Å². The fraction of sp³-hybridized carbons (Fsp3) is 0.875. The fourth-order valence-corrected chi connectivity index (χ4v) is 0.469. The minimum Gasteiger partial charge on any atom is -0.668 e. The van der Waals surface area contributed by atoms with Gasteiger partial charge in [0.05, 0.1) is 0 Å². The SMILES string of the molecule is CC.CC(=O)C([NH-])C(C)C.[K+]. The summed E-state index contributed by atoms with van der Waals surface area (Å²) in [6.07, 6.45) is 0. The van der Waals surface area contributed by atoms with Gasteiger partial charge in [-0.15, -0.1) is 0 Å². The van der Waals surface area contributed by atoms with Gasteiger partial charge in [0.1, 0.15) is 5.78 Å². The predicted molar refractivity (Wildman–Crippen MR) is 45.0 cm³/mol. The Bertz CT molecular complexity index is 94.1. The molecule has 0 saturated carbocycles. The number of nitrogens with one attached hydrogen (secondary N) is 1. The monoisotopic (exact) mass is 183 g/mol. The van der Waals surface area contributed by atoms with Gasteiger partial charge in [-0.2, -0.15) is 0 Å². The van der Waals surface area contributed by atoms with E-state index in [1.54, 1.807) is 0 Å². The van der Waals surface area contributed by atoms with Crippen molar-refractivity contribution in [3.8, 4) is 0 Å². The van der Waals surface area contributed by atoms with Crippen LogP contribution in [0.5, 0.6) is 0 Å². The number of carbonyl (C=O) groups is 1. The van der Waals surface area contributed by atoms with Crippen LogP contribution < -0.4 is 51.4 Å². The molecule has 1 atom stereocenters. The molecule has 0 aromatic heterocycles. The molecule has 0 fully saturated rings. The van der Waals surface area contributed by atoms with E-state index >= 15 is 0 Å². The average Bonchev–Trinajstić information content (AvgIpc) is 1.90. The minimum atomic E-state index is -0.519. The Labute approximate surface area is 113 Å². The van der Waals surface area contributed by atoms with Crippen molar-refractivity contribution in [3.05, 3.63) is 5.73 Å². The van der Waals surface area contributed by atoms with Gasteiger partial charge in [-0.3, -0.25) is 0 Å². The van der Waals surface area contributed by atoms with Gasteiger partial charge in [0.15, 0.2) is 0 Å². The van der Waals surface area contributed by atoms with Gasteiger partial charge in [-0.25, -0.2) is 0 Å². The second-order valence-corrected chi connectivity index (χ2v) is 2.33. The molecule has 3 heteroatoms. The van der Waals surface area contributed by atoms with Crippen molar-refractivity contribution in [2.24, 2.45) is 5.92 Å². The van der Waals surface area contributed by atoms with Gasteiger partial charge in [-0.1, -0.05) is 39.7 Å². The summed E-state index contributed by atoms with van der Waals surface area (Å²) in [5.74, 6) is 0.118. The molecule has 2 nitrogen and oxygen atoms in total. The van der Waals surface area contributed by atoms with Crippen molar-refractivity contribution < 1.29 is 56.2 Å². The number of hydrogen-bond donors (Lipinski definition) is 0. The van der Waals surface area contributed by atoms with E-state index in [9.17, 15) is 4.79 Å². The van der Waals surface area contributed by atoms with Crippen LogP contribution in [0.15, 0.2) is 0 Å². The van der Waals surface area contributed by atoms with E-state index in [0.29, 0.717) is 0 Å². The topological polar surface area (TPSA) is 40.9 Å². The van der Waals surface area contributed by atoms with E-state index < -0.39 is 6.04 Å². The molecule has 0 aliphatic rings. The molecule has 0 aliphatic carbocycles. The van der Waals surface area contributed by atoms with Crippen molar-refractivity contribution in [3.63, 3.8) is 0 Å². The van der Waals surface area contributed by atoms with Crippen LogP contribution in [0.4, 0.5) is 0 Å². The van der Waals surface area contributed by atoms with E-state index in [1.165, 1.54) is 6.92 Å². The Morgan fingerprint density at radius 3 is 1.55 bits per heavy atom. The fourth-order valence-electron chi connectivity index (χ4n) is 0.469. The molecule has 11 heavy (non-hydrogen) atoms. The summed E-state index contributed by atoms with van der Waals surface area (Å²) in [6.45, 7) is 9.20. The first-order valence-electron chi connectivity index (χ1n) is 3.77. The maximum Gasteiger partial charge on any atom is 1.00 e. The van der Waals surface area contributed by atoms with Crippen molar-refractivity contribution in [1.82, 2.24) is 0 Å². The first-order chi connectivity index (χ1) is 4.55. The summed E-state index contributed by atoms with van der Waals surface area (Å²) in [5, 5.41) is 0. The quantitative estimate of drug-likeness (QED) is 0.541. The molecular formula is C8H18KNO. The Kier molecular flexibility index (Phi) is 18.6. The van der Waals surface area contributed by atoms with E-state index in [1.807, 2.05) is 27.7 Å². The van der Waals surface area contributed by atoms with Gasteiger partial charge in [0.25, 0.3) is 0 Å². The van der Waals surface area contributed by atoms with Crippen LogP contribution in [-0.2, 0) is 4.79 Å². The zero-order valence-electron chi connectivity index (χ0n) is 8.56. The molecular weight excluding hydrogens is 165 g/mol. The van der Waals surface area contributed by atoms with Crippen LogP contribution in [0.1, 0.15) is 34.6 Å². The van der Waals surface area contributed by atoms with Crippen molar-refractivity contribution in [2.45, 2.75) is 40.7 Å². The van der Waals surface area contributed by atoms with Crippen LogP contribution in [0.3, 0.4) is 0 Å². The number of rotatable bonds is 2. The molecule has 0 aromatic rings. The first-order valence-corrected chi connectivity index (χ1v) is 3.77. The third kappa shape index (κ3) is 11.3. The van der Waals surface area contributed by atoms with Gasteiger partial charge in [-0.05, 0) is 6.92 Å². The number of ketones is 1. The van der Waals surface area contributed by atoms with Crippen LogP contribution in [0, 0.1) is 5.92 Å². The Balaban J connectivity index is -0.000000196. The van der Waals surface area contributed by atoms with Crippen molar-refractivity contribution in [1.29, 1.82) is 0 Å². The maximum atomic E-state index is 10.4. The third-order valence-electron chi connectivity index (χ3n) is 1.10. The molecule has 0 spiro atoms. The standard InChI is InChI=1S/C6H12NO.C2H6.K/c1-4(2)6(7)5(3)8;1-2;/h4,6-7H,1-3H3;1-2H3;/q-1;;+1. The molecule has 62 valence electrons. The molecule has 1 N–H and O–H groups in total.